The summed E-state index contributed by atoms with van der Waals surface area (Å²) in [4.78, 5) is 29.5. The van der Waals surface area contributed by atoms with Gasteiger partial charge in [-0.15, -0.1) is 0 Å². The zero-order valence-electron chi connectivity index (χ0n) is 10.9. The number of aliphatic carboxylic acids is 1. The Morgan fingerprint density at radius 3 is 2.89 bits per heavy atom. The third kappa shape index (κ3) is 5.33. The molecule has 2 N–H and O–H groups in total. The van der Waals surface area contributed by atoms with Crippen LogP contribution in [-0.2, 0) is 9.53 Å². The van der Waals surface area contributed by atoms with Crippen LogP contribution in [-0.4, -0.2) is 40.2 Å². The van der Waals surface area contributed by atoms with E-state index in [9.17, 15) is 9.59 Å². The highest BCUT2D eigenvalue weighted by Gasteiger charge is 2.11. The number of nitrogens with one attached hydrogen (secondary N) is 1. The number of aromatic nitrogens is 2. The first-order valence-electron chi connectivity index (χ1n) is 5.92. The van der Waals surface area contributed by atoms with E-state index in [0.717, 1.165) is 0 Å². The van der Waals surface area contributed by atoms with Gasteiger partial charge in [0, 0.05) is 18.7 Å². The fourth-order valence-corrected chi connectivity index (χ4v) is 1.51. The van der Waals surface area contributed by atoms with Crippen molar-refractivity contribution in [2.75, 3.05) is 12.4 Å². The Balaban J connectivity index is 2.52. The maximum Gasteiger partial charge on any atom is 0.376 e. The van der Waals surface area contributed by atoms with Gasteiger partial charge in [0.05, 0.1) is 7.11 Å². The molecule has 0 aliphatic heterocycles. The van der Waals surface area contributed by atoms with Gasteiger partial charge in [-0.25, -0.2) is 14.8 Å². The number of carbonyl (C=O) groups excluding carboxylic acids is 1. The summed E-state index contributed by atoms with van der Waals surface area (Å²) in [6.45, 7) is 1.92. The van der Waals surface area contributed by atoms with Gasteiger partial charge < -0.3 is 15.2 Å². The van der Waals surface area contributed by atoms with Crippen LogP contribution >= 0.6 is 0 Å². The second-order valence-electron chi connectivity index (χ2n) is 4.09. The van der Waals surface area contributed by atoms with E-state index in [2.05, 4.69) is 20.0 Å². The molecular weight excluding hydrogens is 250 g/mol. The molecule has 1 atom stereocenters. The molecule has 0 aliphatic carbocycles. The van der Waals surface area contributed by atoms with Crippen LogP contribution in [0, 0.1) is 0 Å². The molecule has 0 bridgehead atoms. The van der Waals surface area contributed by atoms with Crippen molar-refractivity contribution in [3.05, 3.63) is 18.1 Å². The van der Waals surface area contributed by atoms with Crippen LogP contribution in [0.5, 0.6) is 0 Å². The monoisotopic (exact) mass is 267 g/mol. The molecule has 1 heterocycles. The average molecular weight is 267 g/mol. The number of hydrogen-bond acceptors (Lipinski definition) is 6. The van der Waals surface area contributed by atoms with E-state index in [1.54, 1.807) is 6.07 Å². The van der Waals surface area contributed by atoms with Gasteiger partial charge >= 0.3 is 11.9 Å². The van der Waals surface area contributed by atoms with Gasteiger partial charge in [0.1, 0.15) is 5.82 Å². The molecule has 104 valence electrons. The zero-order chi connectivity index (χ0) is 14.3. The van der Waals surface area contributed by atoms with Crippen LogP contribution in [0.2, 0.25) is 0 Å². The fraction of sp³-hybridized carbons (Fsp3) is 0.500. The topological polar surface area (TPSA) is 101 Å². The van der Waals surface area contributed by atoms with Crippen molar-refractivity contribution in [3.8, 4) is 0 Å². The molecule has 0 spiro atoms. The van der Waals surface area contributed by atoms with Crippen molar-refractivity contribution in [3.63, 3.8) is 0 Å². The molecule has 1 aromatic rings. The van der Waals surface area contributed by atoms with Crippen molar-refractivity contribution in [1.82, 2.24) is 9.97 Å². The van der Waals surface area contributed by atoms with Crippen LogP contribution in [0.25, 0.3) is 0 Å². The van der Waals surface area contributed by atoms with Crippen LogP contribution < -0.4 is 5.32 Å². The van der Waals surface area contributed by atoms with Crippen molar-refractivity contribution < 1.29 is 19.4 Å². The first kappa shape index (κ1) is 14.9. The highest BCUT2D eigenvalue weighted by Crippen LogP contribution is 2.09. The Labute approximate surface area is 111 Å². The summed E-state index contributed by atoms with van der Waals surface area (Å²) in [5, 5.41) is 11.6. The Hall–Kier alpha value is -2.18. The fourth-order valence-electron chi connectivity index (χ4n) is 1.51. The van der Waals surface area contributed by atoms with Gasteiger partial charge in [-0.05, 0) is 25.8 Å². The molecule has 7 heteroatoms. The second kappa shape index (κ2) is 7.30. The molecule has 1 unspecified atom stereocenters. The summed E-state index contributed by atoms with van der Waals surface area (Å²) in [6, 6.07) is 1.69. The number of carboxylic acid groups (broad SMARTS) is 1. The SMILES string of the molecule is COC(=O)c1nccc(NC(C)CCCC(=O)O)n1. The quantitative estimate of drug-likeness (QED) is 0.718. The lowest BCUT2D eigenvalue weighted by molar-refractivity contribution is -0.137. The number of methoxy groups -OCH3 is 1. The van der Waals surface area contributed by atoms with Crippen molar-refractivity contribution in [2.24, 2.45) is 0 Å². The van der Waals surface area contributed by atoms with E-state index in [0.29, 0.717) is 18.7 Å². The van der Waals surface area contributed by atoms with Gasteiger partial charge in [-0.3, -0.25) is 4.79 Å². The Kier molecular flexibility index (Phi) is 5.72. The number of carboxylic acids is 1. The number of esters is 1. The van der Waals surface area contributed by atoms with E-state index in [1.165, 1.54) is 13.3 Å². The van der Waals surface area contributed by atoms with Crippen molar-refractivity contribution in [2.45, 2.75) is 32.2 Å². The Morgan fingerprint density at radius 2 is 2.26 bits per heavy atom. The molecule has 0 aromatic carbocycles. The van der Waals surface area contributed by atoms with Crippen LogP contribution in [0.4, 0.5) is 5.82 Å². The standard InChI is InChI=1S/C12H17N3O4/c1-8(4-3-5-10(16)17)14-9-6-7-13-11(15-9)12(18)19-2/h6-8H,3-5H2,1-2H3,(H,16,17)(H,13,14,15). The Bertz CT molecular complexity index is 450. The maximum atomic E-state index is 11.3. The first-order chi connectivity index (χ1) is 9.02. The van der Waals surface area contributed by atoms with Crippen LogP contribution in [0.15, 0.2) is 12.3 Å². The summed E-state index contributed by atoms with van der Waals surface area (Å²) < 4.78 is 4.53. The minimum Gasteiger partial charge on any atom is -0.481 e. The third-order valence-corrected chi connectivity index (χ3v) is 2.45. The van der Waals surface area contributed by atoms with Gasteiger partial charge in [0.2, 0.25) is 5.82 Å². The smallest absolute Gasteiger partial charge is 0.376 e. The molecule has 0 saturated carbocycles. The molecule has 0 saturated heterocycles. The molecule has 1 rings (SSSR count). The normalized spacial score (nSPS) is 11.7. The van der Waals surface area contributed by atoms with Gasteiger partial charge in [-0.1, -0.05) is 0 Å². The highest BCUT2D eigenvalue weighted by molar-refractivity contribution is 5.85. The molecule has 0 radical (unpaired) electrons. The lowest BCUT2D eigenvalue weighted by atomic mass is 10.1. The number of hydrogen-bond donors (Lipinski definition) is 2. The number of anilines is 1. The minimum atomic E-state index is -0.804. The first-order valence-corrected chi connectivity index (χ1v) is 5.92. The summed E-state index contributed by atoms with van der Waals surface area (Å²) in [7, 11) is 1.26. The molecule has 19 heavy (non-hydrogen) atoms. The lowest BCUT2D eigenvalue weighted by Crippen LogP contribution is -2.18. The maximum absolute atomic E-state index is 11.3. The summed E-state index contributed by atoms with van der Waals surface area (Å²) in [5.41, 5.74) is 0. The van der Waals surface area contributed by atoms with Crippen LogP contribution in [0.3, 0.4) is 0 Å². The van der Waals surface area contributed by atoms with Crippen molar-refractivity contribution in [1.29, 1.82) is 0 Å². The molecule has 1 aromatic heterocycles. The average Bonchev–Trinajstić information content (AvgIpc) is 2.37. The molecule has 0 aliphatic rings. The van der Waals surface area contributed by atoms with E-state index in [4.69, 9.17) is 5.11 Å². The predicted molar refractivity (Wildman–Crippen MR) is 67.9 cm³/mol. The van der Waals surface area contributed by atoms with Crippen molar-refractivity contribution >= 4 is 17.8 Å². The highest BCUT2D eigenvalue weighted by atomic mass is 16.5. The van der Waals surface area contributed by atoms with E-state index in [-0.39, 0.29) is 18.3 Å². The third-order valence-electron chi connectivity index (χ3n) is 2.45. The molecule has 0 amide bonds. The van der Waals surface area contributed by atoms with Gasteiger partial charge in [0.25, 0.3) is 0 Å². The van der Waals surface area contributed by atoms with E-state index in [1.807, 2.05) is 6.92 Å². The summed E-state index contributed by atoms with van der Waals surface area (Å²) in [6.07, 6.45) is 2.89. The minimum absolute atomic E-state index is 0.00904. The van der Waals surface area contributed by atoms with E-state index >= 15 is 0 Å². The lowest BCUT2D eigenvalue weighted by Gasteiger charge is -2.13. The predicted octanol–water partition coefficient (Wildman–Crippen LogP) is 1.32. The van der Waals surface area contributed by atoms with Gasteiger partial charge in [0.15, 0.2) is 0 Å². The summed E-state index contributed by atoms with van der Waals surface area (Å²) >= 11 is 0. The summed E-state index contributed by atoms with van der Waals surface area (Å²) in [5.74, 6) is -0.896. The number of ether oxygens (including phenoxy) is 1. The molecular formula is C12H17N3O4. The molecule has 0 fully saturated rings. The van der Waals surface area contributed by atoms with Crippen LogP contribution in [0.1, 0.15) is 36.8 Å². The van der Waals surface area contributed by atoms with E-state index < -0.39 is 11.9 Å². The zero-order valence-corrected chi connectivity index (χ0v) is 10.9. The second-order valence-corrected chi connectivity index (χ2v) is 4.09. The number of rotatable bonds is 7. The molecule has 7 nitrogen and oxygen atoms in total. The largest absolute Gasteiger partial charge is 0.481 e. The Morgan fingerprint density at radius 1 is 1.53 bits per heavy atom. The van der Waals surface area contributed by atoms with Gasteiger partial charge in [-0.2, -0.15) is 0 Å². The number of carbonyl (C=O) groups is 2. The number of nitrogens with zero attached hydrogens (tertiary/aromatic N) is 2.